The highest BCUT2D eigenvalue weighted by molar-refractivity contribution is 7.92. The smallest absolute Gasteiger partial charge is 0.277 e. The third-order valence-electron chi connectivity index (χ3n) is 3.67. The van der Waals surface area contributed by atoms with E-state index in [4.69, 9.17) is 0 Å². The first kappa shape index (κ1) is 15.9. The molecule has 0 radical (unpaired) electrons. The Bertz CT molecular complexity index is 1030. The summed E-state index contributed by atoms with van der Waals surface area (Å²) in [6, 6.07) is 15.8. The van der Waals surface area contributed by atoms with Gasteiger partial charge in [-0.1, -0.05) is 35.9 Å². The number of fused-ring (bicyclic) bond motifs is 1. The number of nitrogens with zero attached hydrogens (tertiary/aromatic N) is 1. The average molecular weight is 342 g/mol. The number of nitrogens with one attached hydrogen (secondary N) is 1. The first-order valence-corrected chi connectivity index (χ1v) is 8.62. The van der Waals surface area contributed by atoms with Gasteiger partial charge < -0.3 is 0 Å². The lowest BCUT2D eigenvalue weighted by molar-refractivity contribution is -0.383. The third kappa shape index (κ3) is 2.93. The second kappa shape index (κ2) is 5.93. The summed E-state index contributed by atoms with van der Waals surface area (Å²) in [5.74, 6) is 0. The molecule has 0 spiro atoms. The molecule has 3 aromatic rings. The number of nitro groups is 1. The van der Waals surface area contributed by atoms with Crippen molar-refractivity contribution in [2.24, 2.45) is 0 Å². The van der Waals surface area contributed by atoms with E-state index < -0.39 is 14.9 Å². The zero-order valence-electron chi connectivity index (χ0n) is 12.8. The highest BCUT2D eigenvalue weighted by Crippen LogP contribution is 2.31. The molecule has 0 unspecified atom stereocenters. The largest absolute Gasteiger partial charge is 0.279 e. The lowest BCUT2D eigenvalue weighted by Crippen LogP contribution is -2.13. The minimum absolute atomic E-state index is 0.0658. The summed E-state index contributed by atoms with van der Waals surface area (Å²) in [7, 11) is -3.77. The molecular formula is C17H14N2O4S. The van der Waals surface area contributed by atoms with Gasteiger partial charge in [0.1, 0.15) is 0 Å². The van der Waals surface area contributed by atoms with E-state index in [9.17, 15) is 18.5 Å². The average Bonchev–Trinajstić information content (AvgIpc) is 2.54. The molecule has 0 fully saturated rings. The van der Waals surface area contributed by atoms with E-state index in [2.05, 4.69) is 4.72 Å². The van der Waals surface area contributed by atoms with Crippen molar-refractivity contribution in [3.63, 3.8) is 0 Å². The maximum atomic E-state index is 12.5. The second-order valence-electron chi connectivity index (χ2n) is 5.35. The SMILES string of the molecule is Cc1ccc(S(=O)(=O)Nc2cccc3c([N+](=O)[O-])cccc23)cc1. The van der Waals surface area contributed by atoms with Crippen LogP contribution in [0.15, 0.2) is 65.6 Å². The maximum absolute atomic E-state index is 12.5. The van der Waals surface area contributed by atoms with Crippen molar-refractivity contribution >= 4 is 32.2 Å². The van der Waals surface area contributed by atoms with Crippen molar-refractivity contribution in [3.05, 3.63) is 76.3 Å². The first-order valence-electron chi connectivity index (χ1n) is 7.14. The summed E-state index contributed by atoms with van der Waals surface area (Å²) >= 11 is 0. The van der Waals surface area contributed by atoms with E-state index in [0.29, 0.717) is 16.5 Å². The number of anilines is 1. The summed E-state index contributed by atoms with van der Waals surface area (Å²) in [5, 5.41) is 12.0. The van der Waals surface area contributed by atoms with E-state index in [1.165, 1.54) is 24.3 Å². The minimum Gasteiger partial charge on any atom is -0.279 e. The van der Waals surface area contributed by atoms with Crippen molar-refractivity contribution in [3.8, 4) is 0 Å². The van der Waals surface area contributed by atoms with Gasteiger partial charge in [-0.2, -0.15) is 0 Å². The number of hydrogen-bond donors (Lipinski definition) is 1. The number of rotatable bonds is 4. The molecule has 0 saturated carbocycles. The minimum atomic E-state index is -3.77. The van der Waals surface area contributed by atoms with Gasteiger partial charge in [0.2, 0.25) is 0 Å². The summed E-state index contributed by atoms with van der Waals surface area (Å²) in [5.41, 5.74) is 1.19. The van der Waals surface area contributed by atoms with E-state index in [1.54, 1.807) is 36.4 Å². The first-order chi connectivity index (χ1) is 11.4. The van der Waals surface area contributed by atoms with Crippen LogP contribution in [0, 0.1) is 17.0 Å². The van der Waals surface area contributed by atoms with Crippen molar-refractivity contribution in [2.45, 2.75) is 11.8 Å². The Morgan fingerprint density at radius 1 is 0.917 bits per heavy atom. The molecule has 0 amide bonds. The molecule has 0 aliphatic rings. The van der Waals surface area contributed by atoms with Crippen LogP contribution in [-0.4, -0.2) is 13.3 Å². The predicted molar refractivity (Wildman–Crippen MR) is 92.6 cm³/mol. The van der Waals surface area contributed by atoms with Crippen LogP contribution in [0.5, 0.6) is 0 Å². The molecule has 0 atom stereocenters. The Kier molecular flexibility index (Phi) is 3.94. The van der Waals surface area contributed by atoms with Crippen LogP contribution >= 0.6 is 0 Å². The lowest BCUT2D eigenvalue weighted by atomic mass is 10.1. The Balaban J connectivity index is 2.09. The summed E-state index contributed by atoms with van der Waals surface area (Å²) in [6.07, 6.45) is 0. The molecule has 0 saturated heterocycles. The fourth-order valence-electron chi connectivity index (χ4n) is 2.46. The normalized spacial score (nSPS) is 11.4. The van der Waals surface area contributed by atoms with Crippen LogP contribution in [0.4, 0.5) is 11.4 Å². The molecule has 24 heavy (non-hydrogen) atoms. The molecule has 6 nitrogen and oxygen atoms in total. The number of sulfonamides is 1. The molecule has 3 rings (SSSR count). The molecule has 122 valence electrons. The molecule has 3 aromatic carbocycles. The van der Waals surface area contributed by atoms with Crippen molar-refractivity contribution in [1.82, 2.24) is 0 Å². The fraction of sp³-hybridized carbons (Fsp3) is 0.0588. The zero-order chi connectivity index (χ0) is 17.3. The second-order valence-corrected chi connectivity index (χ2v) is 7.04. The molecule has 0 bridgehead atoms. The van der Waals surface area contributed by atoms with Crippen molar-refractivity contribution in [2.75, 3.05) is 4.72 Å². The summed E-state index contributed by atoms with van der Waals surface area (Å²) in [4.78, 5) is 10.8. The van der Waals surface area contributed by atoms with Gasteiger partial charge in [-0.05, 0) is 31.2 Å². The van der Waals surface area contributed by atoms with Gasteiger partial charge >= 0.3 is 0 Å². The molecule has 0 aliphatic carbocycles. The van der Waals surface area contributed by atoms with Gasteiger partial charge in [0.15, 0.2) is 0 Å². The van der Waals surface area contributed by atoms with E-state index in [-0.39, 0.29) is 10.6 Å². The maximum Gasteiger partial charge on any atom is 0.277 e. The quantitative estimate of drug-likeness (QED) is 0.576. The monoisotopic (exact) mass is 342 g/mol. The number of nitro benzene ring substituents is 1. The Morgan fingerprint density at radius 2 is 1.54 bits per heavy atom. The molecular weight excluding hydrogens is 328 g/mol. The van der Waals surface area contributed by atoms with Gasteiger partial charge in [-0.3, -0.25) is 14.8 Å². The predicted octanol–water partition coefficient (Wildman–Crippen LogP) is 3.86. The topological polar surface area (TPSA) is 89.3 Å². The van der Waals surface area contributed by atoms with E-state index in [0.717, 1.165) is 5.56 Å². The molecule has 0 heterocycles. The van der Waals surface area contributed by atoms with Gasteiger partial charge in [0.25, 0.3) is 15.7 Å². The zero-order valence-corrected chi connectivity index (χ0v) is 13.6. The third-order valence-corrected chi connectivity index (χ3v) is 5.05. The van der Waals surface area contributed by atoms with Gasteiger partial charge in [0.05, 0.1) is 20.9 Å². The number of non-ortho nitro benzene ring substituents is 1. The Labute approximate surface area is 138 Å². The van der Waals surface area contributed by atoms with Crippen LogP contribution in [0.1, 0.15) is 5.56 Å². The van der Waals surface area contributed by atoms with Gasteiger partial charge in [-0.15, -0.1) is 0 Å². The van der Waals surface area contributed by atoms with Crippen LogP contribution in [0.2, 0.25) is 0 Å². The highest BCUT2D eigenvalue weighted by atomic mass is 32.2. The Hall–Kier alpha value is -2.93. The van der Waals surface area contributed by atoms with Crippen LogP contribution in [-0.2, 0) is 10.0 Å². The molecule has 7 heteroatoms. The lowest BCUT2D eigenvalue weighted by Gasteiger charge is -2.11. The van der Waals surface area contributed by atoms with Crippen LogP contribution in [0.3, 0.4) is 0 Å². The van der Waals surface area contributed by atoms with Crippen LogP contribution < -0.4 is 4.72 Å². The summed E-state index contributed by atoms with van der Waals surface area (Å²) < 4.78 is 27.6. The number of aryl methyl sites for hydroxylation is 1. The molecule has 1 N–H and O–H groups in total. The highest BCUT2D eigenvalue weighted by Gasteiger charge is 2.18. The fourth-order valence-corrected chi connectivity index (χ4v) is 3.54. The Morgan fingerprint density at radius 3 is 2.21 bits per heavy atom. The van der Waals surface area contributed by atoms with Crippen LogP contribution in [0.25, 0.3) is 10.8 Å². The molecule has 0 aromatic heterocycles. The van der Waals surface area contributed by atoms with E-state index in [1.807, 2.05) is 6.92 Å². The molecule has 0 aliphatic heterocycles. The summed E-state index contributed by atoms with van der Waals surface area (Å²) in [6.45, 7) is 1.87. The number of benzene rings is 3. The van der Waals surface area contributed by atoms with Crippen molar-refractivity contribution in [1.29, 1.82) is 0 Å². The number of hydrogen-bond acceptors (Lipinski definition) is 4. The standard InChI is InChI=1S/C17H14N2O4S/c1-12-8-10-13(11-9-12)24(22,23)18-16-6-2-5-15-14(16)4-3-7-17(15)19(20)21/h2-11,18H,1H3. The van der Waals surface area contributed by atoms with Crippen molar-refractivity contribution < 1.29 is 13.3 Å². The van der Waals surface area contributed by atoms with Gasteiger partial charge in [-0.25, -0.2) is 8.42 Å². The van der Waals surface area contributed by atoms with Gasteiger partial charge in [0, 0.05) is 11.5 Å². The van der Waals surface area contributed by atoms with E-state index >= 15 is 0 Å².